The fourth-order valence-corrected chi connectivity index (χ4v) is 11.4. The number of fused-ring (bicyclic) bond motifs is 10. The van der Waals surface area contributed by atoms with Crippen LogP contribution in [0.2, 0.25) is 0 Å². The van der Waals surface area contributed by atoms with Crippen LogP contribution in [0.25, 0.3) is 54.6 Å². The summed E-state index contributed by atoms with van der Waals surface area (Å²) in [6.45, 7) is 9.76. The van der Waals surface area contributed by atoms with Crippen molar-refractivity contribution in [2.24, 2.45) is 0 Å². The van der Waals surface area contributed by atoms with Gasteiger partial charge in [-0.3, -0.25) is 0 Å². The third-order valence-electron chi connectivity index (χ3n) is 14.6. The molecule has 302 valence electrons. The summed E-state index contributed by atoms with van der Waals surface area (Å²) in [5.41, 5.74) is 18.4. The van der Waals surface area contributed by atoms with E-state index in [0.717, 1.165) is 12.1 Å². The van der Waals surface area contributed by atoms with Crippen LogP contribution in [0.4, 0.5) is 17.1 Å². The van der Waals surface area contributed by atoms with E-state index < -0.39 is 0 Å². The topological polar surface area (TPSA) is 3.24 Å². The third-order valence-corrected chi connectivity index (χ3v) is 14.6. The lowest BCUT2D eigenvalue weighted by atomic mass is 9.78. The predicted octanol–water partition coefficient (Wildman–Crippen LogP) is 16.6. The summed E-state index contributed by atoms with van der Waals surface area (Å²) in [6, 6.07) is 77.2. The first kappa shape index (κ1) is 37.5. The van der Waals surface area contributed by atoms with Crippen molar-refractivity contribution >= 4 is 49.4 Å². The van der Waals surface area contributed by atoms with E-state index >= 15 is 0 Å². The Bertz CT molecular complexity index is 3420. The van der Waals surface area contributed by atoms with Gasteiger partial charge in [-0.15, -0.1) is 0 Å². The van der Waals surface area contributed by atoms with E-state index in [1.165, 1.54) is 105 Å². The standard InChI is InChI=1S/C62H49N/c1-61(2)54-36-40(35-51(43-19-7-5-8-20-43)47-31-17-23-41-21-11-13-27-45(41)47)33-34-48(54)52-37-56-53(38-55(52)61)60-50-30-16-15-29-49(50)59(39-57(60)62(56,3)4)63(44-25-9-6-10-26-44)58-32-18-24-42-22-12-14-28-46(42)58/h5-34,36-39,51H,35H2,1-4H3. The molecule has 10 aromatic rings. The average Bonchev–Trinajstić information content (AvgIpc) is 3.69. The summed E-state index contributed by atoms with van der Waals surface area (Å²) in [5, 5.41) is 7.65. The molecule has 1 heteroatoms. The molecule has 0 aliphatic heterocycles. The Morgan fingerprint density at radius 3 is 1.71 bits per heavy atom. The van der Waals surface area contributed by atoms with E-state index in [1.54, 1.807) is 0 Å². The fraction of sp³-hybridized carbons (Fsp3) is 0.129. The van der Waals surface area contributed by atoms with Gasteiger partial charge in [-0.25, -0.2) is 0 Å². The largest absolute Gasteiger partial charge is 0.309 e. The number of hydrogen-bond donors (Lipinski definition) is 0. The molecule has 10 aromatic carbocycles. The van der Waals surface area contributed by atoms with Gasteiger partial charge in [0.15, 0.2) is 0 Å². The molecule has 0 N–H and O–H groups in total. The number of anilines is 3. The van der Waals surface area contributed by atoms with Gasteiger partial charge in [-0.1, -0.05) is 198 Å². The van der Waals surface area contributed by atoms with Crippen LogP contribution in [0.1, 0.15) is 72.6 Å². The van der Waals surface area contributed by atoms with E-state index in [2.05, 4.69) is 239 Å². The molecule has 0 spiro atoms. The van der Waals surface area contributed by atoms with Gasteiger partial charge < -0.3 is 4.90 Å². The maximum atomic E-state index is 2.58. The van der Waals surface area contributed by atoms with Crippen LogP contribution in [-0.2, 0) is 17.3 Å². The molecular formula is C62H49N. The zero-order chi connectivity index (χ0) is 42.5. The van der Waals surface area contributed by atoms with Crippen LogP contribution in [0.5, 0.6) is 0 Å². The molecule has 0 aromatic heterocycles. The normalized spacial score (nSPS) is 14.6. The smallest absolute Gasteiger partial charge is 0.0543 e. The third kappa shape index (κ3) is 5.76. The first-order chi connectivity index (χ1) is 30.8. The highest BCUT2D eigenvalue weighted by atomic mass is 15.1. The van der Waals surface area contributed by atoms with Crippen molar-refractivity contribution in [3.05, 3.63) is 245 Å². The highest BCUT2D eigenvalue weighted by molar-refractivity contribution is 6.12. The van der Waals surface area contributed by atoms with Crippen LogP contribution < -0.4 is 4.90 Å². The molecule has 0 saturated carbocycles. The summed E-state index contributed by atoms with van der Waals surface area (Å²) in [4.78, 5) is 2.49. The van der Waals surface area contributed by atoms with Crippen LogP contribution in [0, 0.1) is 0 Å². The fourth-order valence-electron chi connectivity index (χ4n) is 11.4. The summed E-state index contributed by atoms with van der Waals surface area (Å²) in [6.07, 6.45) is 0.932. The molecule has 2 aliphatic rings. The van der Waals surface area contributed by atoms with E-state index in [1.807, 2.05) is 0 Å². The Morgan fingerprint density at radius 1 is 0.397 bits per heavy atom. The number of benzene rings is 10. The molecule has 2 aliphatic carbocycles. The average molecular weight is 808 g/mol. The maximum Gasteiger partial charge on any atom is 0.0543 e. The van der Waals surface area contributed by atoms with Crippen molar-refractivity contribution in [3.63, 3.8) is 0 Å². The van der Waals surface area contributed by atoms with Crippen LogP contribution in [0.3, 0.4) is 0 Å². The molecule has 1 nitrogen and oxygen atoms in total. The molecule has 0 saturated heterocycles. The molecule has 0 amide bonds. The molecule has 63 heavy (non-hydrogen) atoms. The Morgan fingerprint density at radius 2 is 0.952 bits per heavy atom. The van der Waals surface area contributed by atoms with Gasteiger partial charge in [-0.05, 0) is 126 Å². The van der Waals surface area contributed by atoms with Gasteiger partial charge in [0.05, 0.1) is 11.4 Å². The Kier molecular flexibility index (Phi) is 8.44. The second-order valence-corrected chi connectivity index (χ2v) is 18.8. The summed E-state index contributed by atoms with van der Waals surface area (Å²) >= 11 is 0. The molecule has 0 heterocycles. The summed E-state index contributed by atoms with van der Waals surface area (Å²) in [5.74, 6) is 0.236. The molecule has 1 atom stereocenters. The lowest BCUT2D eigenvalue weighted by Crippen LogP contribution is -2.18. The quantitative estimate of drug-likeness (QED) is 0.155. The van der Waals surface area contributed by atoms with Crippen molar-refractivity contribution in [3.8, 4) is 22.3 Å². The number of rotatable bonds is 7. The van der Waals surface area contributed by atoms with Crippen molar-refractivity contribution in [2.45, 2.75) is 50.9 Å². The molecule has 0 radical (unpaired) electrons. The van der Waals surface area contributed by atoms with Gasteiger partial charge in [-0.2, -0.15) is 0 Å². The van der Waals surface area contributed by atoms with Gasteiger partial charge in [0.1, 0.15) is 0 Å². The number of hydrogen-bond acceptors (Lipinski definition) is 1. The number of nitrogens with zero attached hydrogens (tertiary/aromatic N) is 1. The lowest BCUT2D eigenvalue weighted by molar-refractivity contribution is 0.651. The highest BCUT2D eigenvalue weighted by Gasteiger charge is 2.43. The monoisotopic (exact) mass is 807 g/mol. The Labute approximate surface area is 370 Å². The SMILES string of the molecule is CC1(C)c2cc(CC(c3ccccc3)c3cccc4ccccc34)ccc2-c2cc3c(cc21)-c1c(cc(N(c2ccccc2)c2cccc4ccccc24)c2ccccc12)C3(C)C. The molecule has 1 unspecified atom stereocenters. The molecule has 12 rings (SSSR count). The Balaban J connectivity index is 0.992. The summed E-state index contributed by atoms with van der Waals surface area (Å²) < 4.78 is 0. The zero-order valence-corrected chi connectivity index (χ0v) is 36.4. The second-order valence-electron chi connectivity index (χ2n) is 18.8. The minimum absolute atomic E-state index is 0.168. The molecular weight excluding hydrogens is 759 g/mol. The van der Waals surface area contributed by atoms with Crippen LogP contribution >= 0.6 is 0 Å². The number of para-hydroxylation sites is 1. The van der Waals surface area contributed by atoms with Gasteiger partial charge in [0.2, 0.25) is 0 Å². The van der Waals surface area contributed by atoms with E-state index in [4.69, 9.17) is 0 Å². The van der Waals surface area contributed by atoms with Crippen LogP contribution in [-0.4, -0.2) is 0 Å². The van der Waals surface area contributed by atoms with Gasteiger partial charge in [0, 0.05) is 33.2 Å². The van der Waals surface area contributed by atoms with Gasteiger partial charge in [0.25, 0.3) is 0 Å². The van der Waals surface area contributed by atoms with Crippen LogP contribution in [0.15, 0.2) is 206 Å². The van der Waals surface area contributed by atoms with E-state index in [-0.39, 0.29) is 16.7 Å². The highest BCUT2D eigenvalue weighted by Crippen LogP contribution is 2.59. The van der Waals surface area contributed by atoms with Gasteiger partial charge >= 0.3 is 0 Å². The van der Waals surface area contributed by atoms with Crippen molar-refractivity contribution in [1.82, 2.24) is 0 Å². The minimum atomic E-state index is -0.228. The summed E-state index contributed by atoms with van der Waals surface area (Å²) in [7, 11) is 0. The lowest BCUT2D eigenvalue weighted by Gasteiger charge is -2.30. The van der Waals surface area contributed by atoms with Crippen molar-refractivity contribution < 1.29 is 0 Å². The molecule has 0 fully saturated rings. The zero-order valence-electron chi connectivity index (χ0n) is 36.4. The van der Waals surface area contributed by atoms with E-state index in [9.17, 15) is 0 Å². The second kappa shape index (κ2) is 14.2. The molecule has 0 bridgehead atoms. The first-order valence-electron chi connectivity index (χ1n) is 22.5. The van der Waals surface area contributed by atoms with E-state index in [0.29, 0.717) is 0 Å². The first-order valence-corrected chi connectivity index (χ1v) is 22.5. The van der Waals surface area contributed by atoms with Crippen molar-refractivity contribution in [1.29, 1.82) is 0 Å². The minimum Gasteiger partial charge on any atom is -0.309 e. The maximum absolute atomic E-state index is 2.58. The predicted molar refractivity (Wildman–Crippen MR) is 267 cm³/mol. The van der Waals surface area contributed by atoms with Crippen molar-refractivity contribution in [2.75, 3.05) is 4.90 Å². The Hall–Kier alpha value is -7.22.